The molecule has 43 nitrogen and oxygen atoms in total. The molecular formula is C92H119N17O26S2. The van der Waals surface area contributed by atoms with E-state index in [4.69, 9.17) is 30.8 Å². The summed E-state index contributed by atoms with van der Waals surface area (Å²) in [5.74, 6) is -16.5. The van der Waals surface area contributed by atoms with Gasteiger partial charge < -0.3 is 103 Å². The summed E-state index contributed by atoms with van der Waals surface area (Å²) in [5.41, 5.74) is 13.1. The number of amides is 4. The van der Waals surface area contributed by atoms with Gasteiger partial charge in [0.1, 0.15) is 47.3 Å². The molecule has 16 atom stereocenters. The number of carboxylic acid groups (broad SMARTS) is 5. The largest absolute Gasteiger partial charge is 0.496 e. The van der Waals surface area contributed by atoms with Crippen LogP contribution in [0.1, 0.15) is 161 Å². The van der Waals surface area contributed by atoms with Gasteiger partial charge in [0, 0.05) is 145 Å². The van der Waals surface area contributed by atoms with E-state index in [1.165, 1.54) is 46.5 Å². The minimum Gasteiger partial charge on any atom is -0.496 e. The van der Waals surface area contributed by atoms with E-state index in [1.807, 2.05) is 62.4 Å². The Balaban J connectivity index is 0.000000375. The van der Waals surface area contributed by atoms with Crippen molar-refractivity contribution >= 4 is 144 Å². The highest BCUT2D eigenvalue weighted by Crippen LogP contribution is 2.68. The van der Waals surface area contributed by atoms with Gasteiger partial charge in [-0.1, -0.05) is 65.8 Å². The molecule has 1 spiro atoms. The van der Waals surface area contributed by atoms with Crippen molar-refractivity contribution in [1.82, 2.24) is 61.5 Å². The Bertz CT molecular complexity index is 5700. The number of nitrogens with one attached hydrogen (secondary N) is 8. The summed E-state index contributed by atoms with van der Waals surface area (Å²) in [4.78, 5) is 221. The molecule has 1 saturated carbocycles. The number of methoxy groups -OCH3 is 2. The average Bonchev–Trinajstić information content (AvgIpc) is 1.48. The monoisotopic (exact) mass is 1940 g/mol. The number of para-hydroxylation sites is 1. The fourth-order valence-electron chi connectivity index (χ4n) is 20.6. The lowest BCUT2D eigenvalue weighted by molar-refractivity contribution is -0.204. The van der Waals surface area contributed by atoms with E-state index in [2.05, 4.69) is 71.8 Å². The SMILES string of the molecule is CC(=O)[C@H](CC(=O)O)CC(=O)CC[C@H](NC(=O)c1ccc(NCc2cnc3nc(C)[nH]c(=O)c3n2)cc1)C(=O)O.CC[C@]1(O)C[C@H]2CN(CCc3c([nH]c4ccccc34)[C@@](C(=O)OC)(c3cc4c(cc3OC)N(C)[C@H]3[C@@](O)(C(=O)NNC(=O)OCCSSC[C@H](CC(=O)[C@H](CC(=O)O)NC(=O)[C@H](CC(=O)O)CC(=O)[C@H](CCCN=C(N)N)NC)C(=O)O)[C@H](O)[C@]5(CC)C=CCN6CC[C@]43[C@@H]65)C2)C1. The lowest BCUT2D eigenvalue weighted by atomic mass is 9.47. The normalized spacial score (nSPS) is 23.5. The number of aliphatic carboxylic acids is 5. The lowest BCUT2D eigenvalue weighted by Crippen LogP contribution is -2.82. The Morgan fingerprint density at radius 3 is 2.12 bits per heavy atom. The summed E-state index contributed by atoms with van der Waals surface area (Å²) in [6, 6.07) is 12.2. The second-order valence-corrected chi connectivity index (χ2v) is 38.4. The Hall–Kier alpha value is -12.5. The maximum Gasteiger partial charge on any atom is 0.426 e. The summed E-state index contributed by atoms with van der Waals surface area (Å²) in [5, 5.41) is 97.9. The highest BCUT2D eigenvalue weighted by Gasteiger charge is 2.79. The maximum absolute atomic E-state index is 15.6. The van der Waals surface area contributed by atoms with Crippen LogP contribution in [0.15, 0.2) is 88.8 Å². The number of aliphatic hydroxyl groups is 3. The third-order valence-corrected chi connectivity index (χ3v) is 29.5. The number of H-pyrrole nitrogens is 2. The molecule has 1 unspecified atom stereocenters. The Morgan fingerprint density at radius 2 is 1.46 bits per heavy atom. The zero-order chi connectivity index (χ0) is 99.9. The van der Waals surface area contributed by atoms with Crippen LogP contribution in [0.3, 0.4) is 0 Å². The molecule has 20 N–H and O–H groups in total. The second kappa shape index (κ2) is 45.2. The topological polar surface area (TPSA) is 662 Å². The number of piperidine rings is 1. The van der Waals surface area contributed by atoms with Crippen molar-refractivity contribution in [3.05, 3.63) is 129 Å². The summed E-state index contributed by atoms with van der Waals surface area (Å²) in [7, 11) is 8.15. The van der Waals surface area contributed by atoms with E-state index in [0.29, 0.717) is 110 Å². The molecule has 2 bridgehead atoms. The summed E-state index contributed by atoms with van der Waals surface area (Å²) >= 11 is 0. The second-order valence-electron chi connectivity index (χ2n) is 35.7. The fraction of sp³-hybridized carbons (Fsp3) is 0.533. The number of esters is 1. The van der Waals surface area contributed by atoms with Gasteiger partial charge in [0.05, 0.1) is 87.5 Å². The molecule has 3 fully saturated rings. The van der Waals surface area contributed by atoms with Gasteiger partial charge in [-0.15, -0.1) is 0 Å². The van der Waals surface area contributed by atoms with Gasteiger partial charge in [-0.2, -0.15) is 0 Å². The number of benzene rings is 3. The number of nitrogens with two attached hydrogens (primary N) is 2. The standard InChI is InChI=1S/C66H91N11O18S2.C26H28N6O8/c1-7-62(91)31-36-32-65(59(89)94-6,52-40(16-21-76(33-36)35-62)39-13-9-10-14-43(39)71-52)42-28-41-46(30-49(42)93-5)75(4)56-64(41)18-22-77-20-12-17-63(8-2,55(64)77)57(87)66(56,92)58(88)73-74-61(90)95-23-24-96-97-34-38(54(85)86)26-48(79)45(29-51(82)83)72-53(84)37(27-50(80)81)25-47(78)44(69-3)15-11-19-70-60(67)68;1-13(33)16(10-21(35)36)9-19(34)7-8-20(26(39)40)32-24(37)15-3-5-17(6-4-15)27-11-18-12-28-23-22(31-18)25(38)30-14(2)29-23/h9-10,12-14,17,28,30,36-38,44-45,55-57,69,71,87,91-92H,7-8,11,15-16,18-27,29,31-35H2,1-6H3,(H,72,84)(H,73,88)(H,74,90)(H,80,81)(H,82,83)(H,85,86)(H4,67,68,70);3-6,12,16,20,27H,7-11H2,1-2H3,(H,32,37)(H,35,36)(H,39,40)(H,28,29,30,38)/t36-,37+,38+,44+,45+,55+,56-,57-,62+,63-,64-,65+,66+;16-,20-/m10/s1. The highest BCUT2D eigenvalue weighted by atomic mass is 33.1. The van der Waals surface area contributed by atoms with E-state index in [9.17, 15) is 98.1 Å². The molecule has 6 aliphatic rings. The van der Waals surface area contributed by atoms with Crippen molar-refractivity contribution in [3.63, 3.8) is 0 Å². The Morgan fingerprint density at radius 1 is 0.759 bits per heavy atom. The number of anilines is 2. The number of aromatic nitrogens is 5. The number of rotatable bonds is 44. The summed E-state index contributed by atoms with van der Waals surface area (Å²) < 4.78 is 17.7. The molecule has 12 rings (SSSR count). The number of carboxylic acids is 5. The van der Waals surface area contributed by atoms with Crippen LogP contribution in [0, 0.1) is 36.0 Å². The predicted molar refractivity (Wildman–Crippen MR) is 500 cm³/mol. The number of nitrogens with zero attached hydrogens (tertiary/aromatic N) is 7. The van der Waals surface area contributed by atoms with Gasteiger partial charge in [0.25, 0.3) is 17.4 Å². The summed E-state index contributed by atoms with van der Waals surface area (Å²) in [6.07, 6.45) is 0.900. The molecular weight excluding hydrogens is 1820 g/mol. The number of carbonyl (C=O) groups is 14. The van der Waals surface area contributed by atoms with Gasteiger partial charge in [-0.25, -0.2) is 30.0 Å². The molecule has 4 amide bonds. The van der Waals surface area contributed by atoms with Gasteiger partial charge in [-0.05, 0) is 139 Å². The van der Waals surface area contributed by atoms with Crippen LogP contribution in [-0.2, 0) is 90.8 Å². The maximum atomic E-state index is 15.6. The number of fused-ring (bicyclic) bond motifs is 7. The molecule has 1 aliphatic carbocycles. The van der Waals surface area contributed by atoms with Crippen LogP contribution in [0.25, 0.3) is 22.1 Å². The number of hydrazine groups is 1. The molecule has 0 radical (unpaired) electrons. The number of hydrogen-bond donors (Lipinski definition) is 18. The minimum absolute atomic E-state index is 0.0439. The van der Waals surface area contributed by atoms with Crippen LogP contribution < -0.4 is 58.8 Å². The lowest BCUT2D eigenvalue weighted by Gasteiger charge is -2.63. The number of aliphatic imine (C=N–C) groups is 1. The van der Waals surface area contributed by atoms with Crippen molar-refractivity contribution in [2.75, 3.05) is 95.9 Å². The number of aromatic amines is 2. The molecule has 45 heteroatoms. The summed E-state index contributed by atoms with van der Waals surface area (Å²) in [6.45, 7) is 9.55. The Labute approximate surface area is 794 Å². The van der Waals surface area contributed by atoms with Crippen LogP contribution in [0.4, 0.5) is 16.2 Å². The quantitative estimate of drug-likeness (QED) is 0.00497. The average molecular weight is 1940 g/mol. The first-order valence-corrected chi connectivity index (χ1v) is 47.5. The molecule has 137 heavy (non-hydrogen) atoms. The van der Waals surface area contributed by atoms with Gasteiger partial charge >= 0.3 is 41.9 Å². The van der Waals surface area contributed by atoms with Gasteiger partial charge in [0.15, 0.2) is 34.3 Å². The number of carbonyl (C=O) groups excluding carboxylic acids is 9. The molecule has 3 aromatic carbocycles. The number of aryl methyl sites for hydroxylation is 1. The molecule has 2 saturated heterocycles. The van der Waals surface area contributed by atoms with Gasteiger partial charge in [-0.3, -0.25) is 82.5 Å². The number of ketones is 4. The van der Waals surface area contributed by atoms with E-state index in [1.54, 1.807) is 31.0 Å². The number of ether oxygens (including phenoxy) is 3. The first kappa shape index (κ1) is 105. The third-order valence-electron chi connectivity index (χ3n) is 27.0. The van der Waals surface area contributed by atoms with Crippen molar-refractivity contribution in [2.45, 2.75) is 195 Å². The zero-order valence-corrected chi connectivity index (χ0v) is 78.8. The highest BCUT2D eigenvalue weighted by molar-refractivity contribution is 8.76. The van der Waals surface area contributed by atoms with Crippen LogP contribution in [0.5, 0.6) is 5.75 Å². The molecule has 6 aromatic rings. The number of likely N-dealkylation sites (N-methyl/N-ethyl adjacent to an activating group) is 2. The number of guanidine groups is 1. The number of Topliss-reactive ketones (excluding diaryl/α,β-unsaturated/α-hetero) is 4. The van der Waals surface area contributed by atoms with E-state index >= 15 is 9.59 Å². The fourth-order valence-corrected chi connectivity index (χ4v) is 22.7. The van der Waals surface area contributed by atoms with E-state index in [0.717, 1.165) is 38.1 Å². The molecule has 5 aliphatic heterocycles. The first-order chi connectivity index (χ1) is 65.0. The number of aliphatic hydroxyl groups excluding tert-OH is 1. The molecule has 740 valence electrons. The number of hydrogen-bond acceptors (Lipinski definition) is 32. The van der Waals surface area contributed by atoms with Gasteiger partial charge in [0.2, 0.25) is 5.91 Å². The molecule has 3 aromatic heterocycles. The third kappa shape index (κ3) is 23.3. The van der Waals surface area contributed by atoms with Crippen LogP contribution in [0.2, 0.25) is 0 Å². The predicted octanol–water partition coefficient (Wildman–Crippen LogP) is 2.93. The van der Waals surface area contributed by atoms with E-state index < -0.39 is 202 Å². The smallest absolute Gasteiger partial charge is 0.426 e. The van der Waals surface area contributed by atoms with Crippen molar-refractivity contribution < 1.29 is 122 Å². The van der Waals surface area contributed by atoms with Crippen molar-refractivity contribution in [1.29, 1.82) is 0 Å². The first-order valence-electron chi connectivity index (χ1n) is 45.0. The van der Waals surface area contributed by atoms with Crippen LogP contribution in [-0.4, -0.2) is 298 Å². The van der Waals surface area contributed by atoms with E-state index in [-0.39, 0.29) is 98.3 Å². The Kier molecular flexibility index (Phi) is 34.6. The van der Waals surface area contributed by atoms with Crippen LogP contribution >= 0.6 is 21.6 Å². The molecule has 8 heterocycles. The zero-order valence-electron chi connectivity index (χ0n) is 77.2. The van der Waals surface area contributed by atoms with Crippen molar-refractivity contribution in [3.8, 4) is 5.75 Å². The van der Waals surface area contributed by atoms with Crippen molar-refractivity contribution in [2.24, 2.45) is 45.5 Å². The minimum atomic E-state index is -2.68.